The zero-order valence-electron chi connectivity index (χ0n) is 9.13. The summed E-state index contributed by atoms with van der Waals surface area (Å²) in [5, 5.41) is 3.04. The summed E-state index contributed by atoms with van der Waals surface area (Å²) in [5.74, 6) is -0.408. The normalized spacial score (nSPS) is 10.1. The number of hydrogen-bond donors (Lipinski definition) is 2. The monoisotopic (exact) mass is 242 g/mol. The number of ether oxygens (including phenoxy) is 1. The van der Waals surface area contributed by atoms with Crippen molar-refractivity contribution in [3.05, 3.63) is 29.6 Å². The van der Waals surface area contributed by atoms with Gasteiger partial charge < -0.3 is 15.8 Å². The van der Waals surface area contributed by atoms with E-state index in [1.165, 1.54) is 6.07 Å². The van der Waals surface area contributed by atoms with Crippen LogP contribution in [0.5, 0.6) is 0 Å². The van der Waals surface area contributed by atoms with Crippen LogP contribution in [0.3, 0.4) is 0 Å². The first-order valence-electron chi connectivity index (χ1n) is 5.06. The molecule has 0 amide bonds. The Morgan fingerprint density at radius 1 is 1.56 bits per heavy atom. The van der Waals surface area contributed by atoms with Gasteiger partial charge in [0.1, 0.15) is 10.8 Å². The highest BCUT2D eigenvalue weighted by Crippen LogP contribution is 2.14. The number of rotatable bonds is 6. The van der Waals surface area contributed by atoms with Crippen LogP contribution in [0.4, 0.5) is 10.1 Å². The predicted octanol–water partition coefficient (Wildman–Crippen LogP) is 1.91. The fourth-order valence-electron chi connectivity index (χ4n) is 1.24. The molecule has 0 radical (unpaired) electrons. The maximum Gasteiger partial charge on any atom is 0.135 e. The molecule has 0 aliphatic rings. The second-order valence-electron chi connectivity index (χ2n) is 3.18. The molecule has 3 N–H and O–H groups in total. The zero-order valence-corrected chi connectivity index (χ0v) is 9.94. The van der Waals surface area contributed by atoms with E-state index in [4.69, 9.17) is 22.7 Å². The largest absolute Gasteiger partial charge is 0.389 e. The molecule has 88 valence electrons. The van der Waals surface area contributed by atoms with E-state index in [1.54, 1.807) is 12.1 Å². The number of thiocarbonyl (C=S) groups is 1. The number of nitrogens with two attached hydrogens (primary N) is 1. The molecular weight excluding hydrogens is 227 g/mol. The second kappa shape index (κ2) is 6.40. The van der Waals surface area contributed by atoms with E-state index in [0.717, 1.165) is 0 Å². The van der Waals surface area contributed by atoms with Gasteiger partial charge in [0.2, 0.25) is 0 Å². The Morgan fingerprint density at radius 3 is 2.88 bits per heavy atom. The van der Waals surface area contributed by atoms with Gasteiger partial charge in [0.25, 0.3) is 0 Å². The summed E-state index contributed by atoms with van der Waals surface area (Å²) >= 11 is 4.71. The molecule has 0 aromatic heterocycles. The van der Waals surface area contributed by atoms with Gasteiger partial charge >= 0.3 is 0 Å². The number of benzene rings is 1. The van der Waals surface area contributed by atoms with Crippen LogP contribution in [-0.4, -0.2) is 24.7 Å². The minimum atomic E-state index is -0.408. The fraction of sp³-hybridized carbons (Fsp3) is 0.364. The molecule has 16 heavy (non-hydrogen) atoms. The van der Waals surface area contributed by atoms with E-state index in [1.807, 2.05) is 6.92 Å². The van der Waals surface area contributed by atoms with Crippen molar-refractivity contribution in [1.29, 1.82) is 0 Å². The highest BCUT2D eigenvalue weighted by molar-refractivity contribution is 7.80. The molecule has 0 aliphatic heterocycles. The maximum atomic E-state index is 13.4. The highest BCUT2D eigenvalue weighted by atomic mass is 32.1. The molecule has 0 spiro atoms. The van der Waals surface area contributed by atoms with Crippen molar-refractivity contribution in [3.8, 4) is 0 Å². The Hall–Kier alpha value is -1.20. The Morgan fingerprint density at radius 2 is 2.31 bits per heavy atom. The third-order valence-electron chi connectivity index (χ3n) is 2.01. The van der Waals surface area contributed by atoms with Gasteiger partial charge in [-0.15, -0.1) is 0 Å². The summed E-state index contributed by atoms with van der Waals surface area (Å²) in [6, 6.07) is 4.69. The molecule has 0 unspecified atom stereocenters. The Labute approximate surface area is 99.8 Å². The van der Waals surface area contributed by atoms with Gasteiger partial charge in [-0.25, -0.2) is 4.39 Å². The quantitative estimate of drug-likeness (QED) is 0.591. The van der Waals surface area contributed by atoms with E-state index in [9.17, 15) is 4.39 Å². The van der Waals surface area contributed by atoms with Crippen LogP contribution in [0.25, 0.3) is 0 Å². The summed E-state index contributed by atoms with van der Waals surface area (Å²) in [6.07, 6.45) is 0. The van der Waals surface area contributed by atoms with Gasteiger partial charge in [0.05, 0.1) is 6.61 Å². The van der Waals surface area contributed by atoms with Crippen LogP contribution < -0.4 is 11.1 Å². The molecule has 1 aromatic carbocycles. The Kier molecular flexibility index (Phi) is 5.14. The highest BCUT2D eigenvalue weighted by Gasteiger charge is 2.05. The molecule has 0 saturated heterocycles. The van der Waals surface area contributed by atoms with Crippen molar-refractivity contribution < 1.29 is 9.13 Å². The topological polar surface area (TPSA) is 47.3 Å². The summed E-state index contributed by atoms with van der Waals surface area (Å²) in [4.78, 5) is 0.0679. The smallest absolute Gasteiger partial charge is 0.135 e. The summed E-state index contributed by atoms with van der Waals surface area (Å²) < 4.78 is 18.6. The van der Waals surface area contributed by atoms with E-state index in [0.29, 0.717) is 25.4 Å². The lowest BCUT2D eigenvalue weighted by atomic mass is 10.2. The van der Waals surface area contributed by atoms with Crippen molar-refractivity contribution in [2.75, 3.05) is 25.1 Å². The van der Waals surface area contributed by atoms with E-state index in [2.05, 4.69) is 5.32 Å². The van der Waals surface area contributed by atoms with Gasteiger partial charge in [-0.1, -0.05) is 12.2 Å². The fourth-order valence-corrected chi connectivity index (χ4v) is 1.40. The summed E-state index contributed by atoms with van der Waals surface area (Å²) in [6.45, 7) is 3.84. The first-order valence-corrected chi connectivity index (χ1v) is 5.47. The molecule has 5 heteroatoms. The lowest BCUT2D eigenvalue weighted by molar-refractivity contribution is 0.158. The minimum absolute atomic E-state index is 0.0679. The van der Waals surface area contributed by atoms with Crippen LogP contribution >= 0.6 is 12.2 Å². The maximum absolute atomic E-state index is 13.4. The Bertz CT molecular complexity index is 371. The van der Waals surface area contributed by atoms with Crippen LogP contribution in [0, 0.1) is 5.82 Å². The van der Waals surface area contributed by atoms with Gasteiger partial charge in [0, 0.05) is 24.4 Å². The van der Waals surface area contributed by atoms with Gasteiger partial charge in [0.15, 0.2) is 0 Å². The number of nitrogens with one attached hydrogen (secondary N) is 1. The first kappa shape index (κ1) is 12.9. The predicted molar refractivity (Wildman–Crippen MR) is 67.3 cm³/mol. The van der Waals surface area contributed by atoms with Crippen molar-refractivity contribution in [1.82, 2.24) is 0 Å². The number of anilines is 1. The van der Waals surface area contributed by atoms with E-state index in [-0.39, 0.29) is 10.6 Å². The van der Waals surface area contributed by atoms with Crippen molar-refractivity contribution >= 4 is 22.9 Å². The average Bonchev–Trinajstić information content (AvgIpc) is 2.24. The summed E-state index contributed by atoms with van der Waals surface area (Å²) in [7, 11) is 0. The average molecular weight is 242 g/mol. The standard InChI is InChI=1S/C11H15FN2OS/c1-2-15-6-5-14-8-3-4-9(11(13)16)10(12)7-8/h3-4,7,14H,2,5-6H2,1H3,(H2,13,16). The molecule has 0 heterocycles. The lowest BCUT2D eigenvalue weighted by Crippen LogP contribution is -2.13. The van der Waals surface area contributed by atoms with Crippen LogP contribution in [0.1, 0.15) is 12.5 Å². The van der Waals surface area contributed by atoms with Crippen LogP contribution in [-0.2, 0) is 4.74 Å². The number of hydrogen-bond acceptors (Lipinski definition) is 3. The molecule has 1 aromatic rings. The first-order chi connectivity index (χ1) is 7.65. The molecule has 0 saturated carbocycles. The molecule has 0 bridgehead atoms. The third-order valence-corrected chi connectivity index (χ3v) is 2.23. The van der Waals surface area contributed by atoms with Gasteiger partial charge in [-0.05, 0) is 25.1 Å². The summed E-state index contributed by atoms with van der Waals surface area (Å²) in [5.41, 5.74) is 6.32. The van der Waals surface area contributed by atoms with Crippen molar-refractivity contribution in [2.45, 2.75) is 6.92 Å². The van der Waals surface area contributed by atoms with E-state index < -0.39 is 5.82 Å². The second-order valence-corrected chi connectivity index (χ2v) is 3.62. The molecule has 0 fully saturated rings. The molecular formula is C11H15FN2OS. The third kappa shape index (κ3) is 3.75. The van der Waals surface area contributed by atoms with Crippen molar-refractivity contribution in [3.63, 3.8) is 0 Å². The van der Waals surface area contributed by atoms with Gasteiger partial charge in [-0.2, -0.15) is 0 Å². The molecule has 0 atom stereocenters. The van der Waals surface area contributed by atoms with Gasteiger partial charge in [-0.3, -0.25) is 0 Å². The molecule has 1 rings (SSSR count). The van der Waals surface area contributed by atoms with Crippen LogP contribution in [0.15, 0.2) is 18.2 Å². The molecule has 3 nitrogen and oxygen atoms in total. The van der Waals surface area contributed by atoms with Crippen molar-refractivity contribution in [2.24, 2.45) is 5.73 Å². The minimum Gasteiger partial charge on any atom is -0.389 e. The van der Waals surface area contributed by atoms with Crippen LogP contribution in [0.2, 0.25) is 0 Å². The lowest BCUT2D eigenvalue weighted by Gasteiger charge is -2.08. The SMILES string of the molecule is CCOCCNc1ccc(C(N)=S)c(F)c1. The Balaban J connectivity index is 2.56. The molecule has 0 aliphatic carbocycles. The number of halogens is 1. The van der Waals surface area contributed by atoms with E-state index >= 15 is 0 Å². The zero-order chi connectivity index (χ0) is 12.0.